The number of rotatable bonds is 7. The molecule has 1 amide bonds. The zero-order chi connectivity index (χ0) is 28.8. The molecule has 1 aromatic carbocycles. The highest BCUT2D eigenvalue weighted by atomic mass is 16.5. The summed E-state index contributed by atoms with van der Waals surface area (Å²) in [4.78, 5) is 24.8. The van der Waals surface area contributed by atoms with Gasteiger partial charge in [0, 0.05) is 61.5 Å². The van der Waals surface area contributed by atoms with Crippen molar-refractivity contribution < 1.29 is 9.53 Å². The maximum absolute atomic E-state index is 13.7. The molecule has 2 aliphatic heterocycles. The molecule has 1 atom stereocenters. The summed E-state index contributed by atoms with van der Waals surface area (Å²) in [5.41, 5.74) is 3.68. The normalized spacial score (nSPS) is 25.0. The molecule has 1 N–H and O–H groups in total. The van der Waals surface area contributed by atoms with Crippen molar-refractivity contribution in [1.29, 1.82) is 0 Å². The van der Waals surface area contributed by atoms with Crippen LogP contribution in [-0.2, 0) is 30.8 Å². The predicted octanol–water partition coefficient (Wildman–Crippen LogP) is 4.93. The highest BCUT2D eigenvalue weighted by Gasteiger charge is 2.50. The number of hydrogen-bond donors (Lipinski definition) is 1. The molecule has 9 nitrogen and oxygen atoms in total. The van der Waals surface area contributed by atoms with Crippen LogP contribution in [0.1, 0.15) is 79.6 Å². The van der Waals surface area contributed by atoms with Gasteiger partial charge in [-0.25, -0.2) is 11.6 Å². The Hall–Kier alpha value is -3.77. The molecule has 41 heavy (non-hydrogen) atoms. The molecule has 1 saturated carbocycles. The van der Waals surface area contributed by atoms with E-state index in [1.54, 1.807) is 6.33 Å². The third-order valence-electron chi connectivity index (χ3n) is 9.11. The summed E-state index contributed by atoms with van der Waals surface area (Å²) in [6, 6.07) is 9.95. The van der Waals surface area contributed by atoms with Crippen LogP contribution >= 0.6 is 0 Å². The quantitative estimate of drug-likeness (QED) is 0.418. The van der Waals surface area contributed by atoms with Gasteiger partial charge in [0.1, 0.15) is 23.6 Å². The second-order valence-electron chi connectivity index (χ2n) is 13.0. The summed E-state index contributed by atoms with van der Waals surface area (Å²) >= 11 is 0. The molecular formula is C32H39N7O2. The van der Waals surface area contributed by atoms with Gasteiger partial charge in [-0.3, -0.25) is 9.69 Å². The maximum atomic E-state index is 13.7. The van der Waals surface area contributed by atoms with Crippen molar-refractivity contribution in [3.63, 3.8) is 0 Å². The van der Waals surface area contributed by atoms with Crippen LogP contribution in [0.3, 0.4) is 0 Å². The number of aryl methyl sites for hydroxylation is 1. The summed E-state index contributed by atoms with van der Waals surface area (Å²) in [5.74, 6) is 2.18. The molecule has 4 heterocycles. The van der Waals surface area contributed by atoms with Crippen LogP contribution in [-0.4, -0.2) is 56.3 Å². The fourth-order valence-corrected chi connectivity index (χ4v) is 6.74. The van der Waals surface area contributed by atoms with Crippen LogP contribution in [0.25, 0.3) is 4.85 Å². The number of nitrogens with one attached hydrogen (secondary N) is 1. The van der Waals surface area contributed by atoms with Gasteiger partial charge >= 0.3 is 0 Å². The molecular weight excluding hydrogens is 514 g/mol. The number of aromatic nitrogens is 4. The molecule has 0 spiro atoms. The van der Waals surface area contributed by atoms with Crippen molar-refractivity contribution in [2.24, 2.45) is 13.0 Å². The van der Waals surface area contributed by atoms with E-state index in [1.807, 2.05) is 35.9 Å². The smallest absolute Gasteiger partial charge is 0.274 e. The predicted molar refractivity (Wildman–Crippen MR) is 157 cm³/mol. The standard InChI is InChI=1S/C32H39N7O2/c1-21-8-7-11-39(17-21)18-22-12-26(36-29-28(22)41-19-31(29,2)3)30(40)35-24-10-6-9-23(13-24)32(14-25(15-32)33-4)16-27-37-34-20-38(27)5/h6,9-10,12-13,20-21,25H,7-8,11,14-19H2,1-3,5H3,(H,35,40)/t21-,25?,32?/m0/s1. The second kappa shape index (κ2) is 10.6. The number of piperidine rings is 1. The van der Waals surface area contributed by atoms with Gasteiger partial charge in [0.15, 0.2) is 0 Å². The number of amides is 1. The molecule has 1 saturated heterocycles. The SMILES string of the molecule is [C-]#[N+]C1CC(Cc2nncn2C)(c2cccc(NC(=O)c3cc(CN4CCC[C@H](C)C4)c4c(n3)C(C)(C)CO4)c2)C1. The highest BCUT2D eigenvalue weighted by molar-refractivity contribution is 6.03. The lowest BCUT2D eigenvalue weighted by Crippen LogP contribution is -2.45. The van der Waals surface area contributed by atoms with Crippen LogP contribution in [0, 0.1) is 12.5 Å². The monoisotopic (exact) mass is 553 g/mol. The maximum Gasteiger partial charge on any atom is 0.274 e. The Balaban J connectivity index is 1.26. The molecule has 0 unspecified atom stereocenters. The van der Waals surface area contributed by atoms with Crippen molar-refractivity contribution in [2.75, 3.05) is 25.0 Å². The van der Waals surface area contributed by atoms with Crippen molar-refractivity contribution in [3.05, 3.63) is 76.4 Å². The number of ether oxygens (including phenoxy) is 1. The molecule has 2 fully saturated rings. The van der Waals surface area contributed by atoms with Crippen LogP contribution in [0.4, 0.5) is 5.69 Å². The van der Waals surface area contributed by atoms with Crippen molar-refractivity contribution in [3.8, 4) is 5.75 Å². The van der Waals surface area contributed by atoms with E-state index in [0.717, 1.165) is 66.6 Å². The van der Waals surface area contributed by atoms with E-state index < -0.39 is 0 Å². The van der Waals surface area contributed by atoms with Gasteiger partial charge in [-0.05, 0) is 49.1 Å². The third-order valence-corrected chi connectivity index (χ3v) is 9.11. The van der Waals surface area contributed by atoms with Gasteiger partial charge in [-0.1, -0.05) is 32.9 Å². The molecule has 2 aromatic heterocycles. The molecule has 214 valence electrons. The Morgan fingerprint density at radius 3 is 2.83 bits per heavy atom. The molecule has 3 aliphatic rings. The summed E-state index contributed by atoms with van der Waals surface area (Å²) in [6.45, 7) is 17.5. The summed E-state index contributed by atoms with van der Waals surface area (Å²) in [6.07, 6.45) is 6.40. The van der Waals surface area contributed by atoms with Crippen molar-refractivity contribution in [2.45, 2.75) is 76.3 Å². The zero-order valence-corrected chi connectivity index (χ0v) is 24.5. The Bertz CT molecular complexity index is 1500. The first-order valence-electron chi connectivity index (χ1n) is 14.7. The van der Waals surface area contributed by atoms with E-state index in [-0.39, 0.29) is 22.8 Å². The first kappa shape index (κ1) is 27.4. The van der Waals surface area contributed by atoms with Crippen LogP contribution in [0.5, 0.6) is 5.75 Å². The lowest BCUT2D eigenvalue weighted by atomic mass is 9.60. The van der Waals surface area contributed by atoms with E-state index >= 15 is 0 Å². The lowest BCUT2D eigenvalue weighted by Gasteiger charge is -2.42. The van der Waals surface area contributed by atoms with Gasteiger partial charge < -0.3 is 19.5 Å². The Morgan fingerprint density at radius 2 is 2.10 bits per heavy atom. The van der Waals surface area contributed by atoms with Crippen LogP contribution < -0.4 is 10.1 Å². The van der Waals surface area contributed by atoms with Crippen LogP contribution in [0.2, 0.25) is 0 Å². The topological polar surface area (TPSA) is 89.5 Å². The molecule has 6 rings (SSSR count). The first-order chi connectivity index (χ1) is 19.7. The van der Waals surface area contributed by atoms with E-state index in [1.165, 1.54) is 12.8 Å². The Morgan fingerprint density at radius 1 is 1.27 bits per heavy atom. The average Bonchev–Trinajstić information content (AvgIpc) is 3.47. The fraction of sp³-hybridized carbons (Fsp3) is 0.531. The minimum absolute atomic E-state index is 0.00368. The average molecular weight is 554 g/mol. The summed E-state index contributed by atoms with van der Waals surface area (Å²) in [7, 11) is 1.95. The van der Waals surface area contributed by atoms with Crippen LogP contribution in [0.15, 0.2) is 36.7 Å². The minimum Gasteiger partial charge on any atom is -0.490 e. The Labute approximate surface area is 242 Å². The number of anilines is 1. The first-order valence-corrected chi connectivity index (χ1v) is 14.7. The number of carbonyl (C=O) groups excluding carboxylic acids is 1. The van der Waals surface area contributed by atoms with Gasteiger partial charge in [0.05, 0.1) is 12.3 Å². The van der Waals surface area contributed by atoms with Gasteiger partial charge in [0.2, 0.25) is 6.04 Å². The summed E-state index contributed by atoms with van der Waals surface area (Å²) < 4.78 is 8.09. The number of benzene rings is 1. The van der Waals surface area contributed by atoms with Crippen molar-refractivity contribution >= 4 is 11.6 Å². The van der Waals surface area contributed by atoms with E-state index in [2.05, 4.69) is 52.1 Å². The molecule has 3 aromatic rings. The lowest BCUT2D eigenvalue weighted by molar-refractivity contribution is 0.102. The second-order valence-corrected chi connectivity index (χ2v) is 13.0. The highest BCUT2D eigenvalue weighted by Crippen LogP contribution is 2.48. The number of likely N-dealkylation sites (tertiary alicyclic amines) is 1. The number of pyridine rings is 1. The van der Waals surface area contributed by atoms with E-state index in [4.69, 9.17) is 16.3 Å². The largest absolute Gasteiger partial charge is 0.490 e. The number of hydrogen-bond acceptors (Lipinski definition) is 6. The number of carbonyl (C=O) groups is 1. The zero-order valence-electron chi connectivity index (χ0n) is 24.5. The fourth-order valence-electron chi connectivity index (χ4n) is 6.74. The minimum atomic E-state index is -0.259. The molecule has 1 aliphatic carbocycles. The van der Waals surface area contributed by atoms with Gasteiger partial charge in [-0.15, -0.1) is 10.2 Å². The van der Waals surface area contributed by atoms with Gasteiger partial charge in [-0.2, -0.15) is 0 Å². The Kier molecular flexibility index (Phi) is 7.06. The van der Waals surface area contributed by atoms with E-state index in [9.17, 15) is 4.79 Å². The summed E-state index contributed by atoms with van der Waals surface area (Å²) in [5, 5.41) is 11.5. The van der Waals surface area contributed by atoms with E-state index in [0.29, 0.717) is 24.6 Å². The number of nitrogens with zero attached hydrogens (tertiary/aromatic N) is 6. The number of fused-ring (bicyclic) bond motifs is 1. The molecule has 0 radical (unpaired) electrons. The van der Waals surface area contributed by atoms with Crippen molar-refractivity contribution in [1.82, 2.24) is 24.6 Å². The third kappa shape index (κ3) is 5.33. The van der Waals surface area contributed by atoms with Gasteiger partial charge in [0.25, 0.3) is 5.91 Å². The molecule has 0 bridgehead atoms. The molecule has 9 heteroatoms.